The standard InChI is InChI=1S/C19H24N6O2/c1-3-25-15-8-5-4-7-14(15)21-17(18(25)26)24-10-6-9-19(27,12-24)11-16-22-20-13-23(16)2/h4-5,7-8,13,27H,3,6,9-12H2,1-2H3. The van der Waals surface area contributed by atoms with Gasteiger partial charge in [0.25, 0.3) is 5.56 Å². The van der Waals surface area contributed by atoms with Crippen molar-refractivity contribution in [3.05, 3.63) is 46.8 Å². The van der Waals surface area contributed by atoms with Crippen molar-refractivity contribution in [1.29, 1.82) is 0 Å². The van der Waals surface area contributed by atoms with Gasteiger partial charge >= 0.3 is 0 Å². The highest BCUT2D eigenvalue weighted by atomic mass is 16.3. The Morgan fingerprint density at radius 2 is 2.11 bits per heavy atom. The van der Waals surface area contributed by atoms with Gasteiger partial charge in [-0.3, -0.25) is 4.79 Å². The maximum absolute atomic E-state index is 13.0. The molecule has 0 aliphatic carbocycles. The van der Waals surface area contributed by atoms with E-state index in [1.165, 1.54) is 0 Å². The largest absolute Gasteiger partial charge is 0.388 e. The van der Waals surface area contributed by atoms with Crippen LogP contribution in [0.3, 0.4) is 0 Å². The molecule has 27 heavy (non-hydrogen) atoms. The van der Waals surface area contributed by atoms with Crippen molar-refractivity contribution in [2.45, 2.75) is 38.3 Å². The predicted octanol–water partition coefficient (Wildman–Crippen LogP) is 1.12. The molecule has 3 heterocycles. The number of anilines is 1. The van der Waals surface area contributed by atoms with Gasteiger partial charge in [-0.1, -0.05) is 12.1 Å². The maximum Gasteiger partial charge on any atom is 0.293 e. The fourth-order valence-electron chi connectivity index (χ4n) is 3.90. The third kappa shape index (κ3) is 3.21. The van der Waals surface area contributed by atoms with Gasteiger partial charge in [0, 0.05) is 33.1 Å². The predicted molar refractivity (Wildman–Crippen MR) is 103 cm³/mol. The number of rotatable bonds is 4. The number of piperidine rings is 1. The summed E-state index contributed by atoms with van der Waals surface area (Å²) in [5, 5.41) is 19.2. The Bertz CT molecular complexity index is 1030. The highest BCUT2D eigenvalue weighted by Gasteiger charge is 2.36. The molecule has 0 spiro atoms. The lowest BCUT2D eigenvalue weighted by molar-refractivity contribution is 0.0235. The van der Waals surface area contributed by atoms with Crippen LogP contribution >= 0.6 is 0 Å². The molecule has 0 bridgehead atoms. The fourth-order valence-corrected chi connectivity index (χ4v) is 3.90. The van der Waals surface area contributed by atoms with E-state index in [1.54, 1.807) is 10.9 Å². The number of hydrogen-bond donors (Lipinski definition) is 1. The zero-order valence-corrected chi connectivity index (χ0v) is 15.7. The highest BCUT2D eigenvalue weighted by Crippen LogP contribution is 2.27. The average molecular weight is 368 g/mol. The molecule has 3 aromatic rings. The van der Waals surface area contributed by atoms with Crippen LogP contribution in [0, 0.1) is 0 Å². The number of para-hydroxylation sites is 2. The molecule has 1 fully saturated rings. The zero-order valence-electron chi connectivity index (χ0n) is 15.7. The number of hydrogen-bond acceptors (Lipinski definition) is 6. The summed E-state index contributed by atoms with van der Waals surface area (Å²) in [6.45, 7) is 3.58. The lowest BCUT2D eigenvalue weighted by atomic mass is 9.89. The van der Waals surface area contributed by atoms with Crippen LogP contribution in [0.15, 0.2) is 35.4 Å². The minimum Gasteiger partial charge on any atom is -0.388 e. The SMILES string of the molecule is CCn1c(=O)c(N2CCCC(O)(Cc3nncn3C)C2)nc2ccccc21. The molecule has 1 unspecified atom stereocenters. The van der Waals surface area contributed by atoms with E-state index in [4.69, 9.17) is 0 Å². The van der Waals surface area contributed by atoms with Crippen molar-refractivity contribution in [2.24, 2.45) is 7.05 Å². The first-order chi connectivity index (χ1) is 13.0. The first-order valence-corrected chi connectivity index (χ1v) is 9.30. The monoisotopic (exact) mass is 368 g/mol. The van der Waals surface area contributed by atoms with Gasteiger partial charge in [0.05, 0.1) is 16.6 Å². The Balaban J connectivity index is 1.70. The topological polar surface area (TPSA) is 89.1 Å². The third-order valence-electron chi connectivity index (χ3n) is 5.30. The van der Waals surface area contributed by atoms with Crippen molar-refractivity contribution in [3.63, 3.8) is 0 Å². The van der Waals surface area contributed by atoms with Gasteiger partial charge in [0.15, 0.2) is 5.82 Å². The van der Waals surface area contributed by atoms with Crippen molar-refractivity contribution in [3.8, 4) is 0 Å². The zero-order chi connectivity index (χ0) is 19.0. The molecule has 0 amide bonds. The van der Waals surface area contributed by atoms with E-state index in [-0.39, 0.29) is 5.56 Å². The van der Waals surface area contributed by atoms with E-state index in [2.05, 4.69) is 15.2 Å². The Morgan fingerprint density at radius 3 is 2.85 bits per heavy atom. The van der Waals surface area contributed by atoms with Crippen molar-refractivity contribution < 1.29 is 5.11 Å². The van der Waals surface area contributed by atoms with Gasteiger partial charge < -0.3 is 19.1 Å². The minimum absolute atomic E-state index is 0.112. The summed E-state index contributed by atoms with van der Waals surface area (Å²) in [5.41, 5.74) is 0.547. The van der Waals surface area contributed by atoms with Crippen LogP contribution in [-0.4, -0.2) is 48.1 Å². The quantitative estimate of drug-likeness (QED) is 0.742. The maximum atomic E-state index is 13.0. The Kier molecular flexibility index (Phi) is 4.43. The van der Waals surface area contributed by atoms with E-state index in [0.29, 0.717) is 38.3 Å². The molecule has 8 nitrogen and oxygen atoms in total. The molecular weight excluding hydrogens is 344 g/mol. The Hall–Kier alpha value is -2.74. The van der Waals surface area contributed by atoms with E-state index < -0.39 is 5.60 Å². The number of aryl methyl sites for hydroxylation is 2. The number of benzene rings is 1. The van der Waals surface area contributed by atoms with Gasteiger partial charge in [-0.25, -0.2) is 4.98 Å². The summed E-state index contributed by atoms with van der Waals surface area (Å²) in [5.74, 6) is 1.14. The van der Waals surface area contributed by atoms with Crippen LogP contribution in [0.4, 0.5) is 5.82 Å². The second-order valence-corrected chi connectivity index (χ2v) is 7.26. The molecule has 142 valence electrons. The highest BCUT2D eigenvalue weighted by molar-refractivity contribution is 5.76. The van der Waals surface area contributed by atoms with Crippen LogP contribution < -0.4 is 10.5 Å². The fraction of sp³-hybridized carbons (Fsp3) is 0.474. The molecule has 1 aliphatic rings. The van der Waals surface area contributed by atoms with Crippen LogP contribution in [-0.2, 0) is 20.0 Å². The molecule has 8 heteroatoms. The van der Waals surface area contributed by atoms with Gasteiger partial charge in [-0.15, -0.1) is 10.2 Å². The Labute approximate surface area is 157 Å². The van der Waals surface area contributed by atoms with Crippen LogP contribution in [0.25, 0.3) is 11.0 Å². The molecule has 1 atom stereocenters. The molecule has 1 aliphatic heterocycles. The summed E-state index contributed by atoms with van der Waals surface area (Å²) in [4.78, 5) is 19.6. The lowest BCUT2D eigenvalue weighted by Crippen LogP contribution is -2.51. The second-order valence-electron chi connectivity index (χ2n) is 7.26. The van der Waals surface area contributed by atoms with Gasteiger partial charge in [-0.2, -0.15) is 0 Å². The van der Waals surface area contributed by atoms with Crippen LogP contribution in [0.2, 0.25) is 0 Å². The number of fused-ring (bicyclic) bond motifs is 1. The normalized spacial score (nSPS) is 20.3. The smallest absolute Gasteiger partial charge is 0.293 e. The van der Waals surface area contributed by atoms with Crippen LogP contribution in [0.1, 0.15) is 25.6 Å². The van der Waals surface area contributed by atoms with Crippen molar-refractivity contribution in [2.75, 3.05) is 18.0 Å². The summed E-state index contributed by atoms with van der Waals surface area (Å²) in [7, 11) is 1.87. The molecule has 0 radical (unpaired) electrons. The molecule has 1 aromatic carbocycles. The van der Waals surface area contributed by atoms with Gasteiger partial charge in [0.1, 0.15) is 12.2 Å². The number of nitrogens with zero attached hydrogens (tertiary/aromatic N) is 6. The summed E-state index contributed by atoms with van der Waals surface area (Å²) in [6, 6.07) is 7.66. The number of aliphatic hydroxyl groups is 1. The summed E-state index contributed by atoms with van der Waals surface area (Å²) in [6.07, 6.45) is 3.47. The van der Waals surface area contributed by atoms with E-state index >= 15 is 0 Å². The van der Waals surface area contributed by atoms with E-state index in [1.807, 2.05) is 47.7 Å². The number of aromatic nitrogens is 5. The minimum atomic E-state index is -0.962. The molecule has 0 saturated carbocycles. The lowest BCUT2D eigenvalue weighted by Gasteiger charge is -2.39. The summed E-state index contributed by atoms with van der Waals surface area (Å²) < 4.78 is 3.56. The molecule has 1 saturated heterocycles. The summed E-state index contributed by atoms with van der Waals surface area (Å²) >= 11 is 0. The molecular formula is C19H24N6O2. The number of β-amino-alcohol motifs (C(OH)–C–C–N with tert-alkyl or cyclic N) is 1. The molecule has 2 aromatic heterocycles. The average Bonchev–Trinajstić information content (AvgIpc) is 3.05. The van der Waals surface area contributed by atoms with Gasteiger partial charge in [0.2, 0.25) is 0 Å². The Morgan fingerprint density at radius 1 is 1.30 bits per heavy atom. The van der Waals surface area contributed by atoms with Crippen LogP contribution in [0.5, 0.6) is 0 Å². The van der Waals surface area contributed by atoms with Crippen molar-refractivity contribution >= 4 is 16.9 Å². The second kappa shape index (κ2) is 6.77. The van der Waals surface area contributed by atoms with E-state index in [9.17, 15) is 9.90 Å². The first kappa shape index (κ1) is 17.7. The molecule has 1 N–H and O–H groups in total. The molecule has 4 rings (SSSR count). The van der Waals surface area contributed by atoms with E-state index in [0.717, 1.165) is 23.3 Å². The first-order valence-electron chi connectivity index (χ1n) is 9.30. The van der Waals surface area contributed by atoms with Crippen molar-refractivity contribution in [1.82, 2.24) is 24.3 Å². The third-order valence-corrected chi connectivity index (χ3v) is 5.30. The van der Waals surface area contributed by atoms with Gasteiger partial charge in [-0.05, 0) is 31.9 Å².